The summed E-state index contributed by atoms with van der Waals surface area (Å²) in [4.78, 5) is 134. The summed E-state index contributed by atoms with van der Waals surface area (Å²) in [5, 5.41) is 0. The van der Waals surface area contributed by atoms with Gasteiger partial charge in [0, 0.05) is 144 Å². The van der Waals surface area contributed by atoms with Crippen LogP contribution in [-0.4, -0.2) is 75.2 Å². The molecule has 0 heterocycles. The van der Waals surface area contributed by atoms with Gasteiger partial charge in [0.25, 0.3) is 0 Å². The first-order valence-corrected chi connectivity index (χ1v) is 23.0. The Hall–Kier alpha value is -4.29. The van der Waals surface area contributed by atoms with E-state index in [0.29, 0.717) is 25.7 Å². The molecule has 0 bridgehead atoms. The van der Waals surface area contributed by atoms with Crippen molar-refractivity contribution in [3.05, 3.63) is 0 Å². The van der Waals surface area contributed by atoms with Gasteiger partial charge in [0.1, 0.15) is 75.2 Å². The lowest BCUT2D eigenvalue weighted by Gasteiger charge is -2.14. The molecule has 4 atom stereocenters. The number of hydrogen-bond acceptors (Lipinski definition) is 13. The molecule has 0 amide bonds. The Balaban J connectivity index is -0.000000215. The molecule has 6 rings (SSSR count). The summed E-state index contributed by atoms with van der Waals surface area (Å²) in [5.74, 6) is -11.9. The fourth-order valence-electron chi connectivity index (χ4n) is 3.15. The minimum Gasteiger partial charge on any atom is -0.300 e. The second kappa shape index (κ2) is 59.6. The van der Waals surface area contributed by atoms with Gasteiger partial charge in [-0.05, 0) is 165 Å². The molecule has 6 saturated carbocycles. The normalized spacial score (nSPS) is 40.6. The molecule has 0 N–H and O–H groups in total. The van der Waals surface area contributed by atoms with Gasteiger partial charge in [0.15, 0.2) is 0 Å². The van der Waals surface area contributed by atoms with Crippen molar-refractivity contribution in [1.29, 1.82) is 0 Å². The van der Waals surface area contributed by atoms with Crippen LogP contribution in [-0.2, 0) is 62.3 Å². The van der Waals surface area contributed by atoms with Crippen LogP contribution in [0.5, 0.6) is 0 Å². The lowest BCUT2D eigenvalue weighted by molar-refractivity contribution is -0.124. The number of rotatable bonds is 3. The maximum absolute atomic E-state index is 11.6. The van der Waals surface area contributed by atoms with Crippen molar-refractivity contribution in [3.63, 3.8) is 0 Å². The molecule has 0 saturated heterocycles. The van der Waals surface area contributed by atoms with Crippen molar-refractivity contribution < 1.29 is 112 Å². The summed E-state index contributed by atoms with van der Waals surface area (Å²) < 4.78 is 260. The maximum Gasteiger partial charge on any atom is 0.135 e. The zero-order valence-corrected chi connectivity index (χ0v) is 46.9. The molecule has 0 aromatic rings. The van der Waals surface area contributed by atoms with E-state index in [-0.39, 0.29) is 72.6 Å². The second-order valence-corrected chi connectivity index (χ2v) is 15.7. The highest BCUT2D eigenvalue weighted by Gasteiger charge is 2.19. The number of carbonyl (C=O) groups excluding carboxylic acids is 13. The highest BCUT2D eigenvalue weighted by Crippen LogP contribution is 2.21. The van der Waals surface area contributed by atoms with Crippen molar-refractivity contribution >= 4 is 75.2 Å². The topological polar surface area (TPSA) is 222 Å². The minimum atomic E-state index is -3.32. The van der Waals surface area contributed by atoms with Crippen LogP contribution in [0.1, 0.15) is 340 Å². The lowest BCUT2D eigenvalue weighted by Crippen LogP contribution is -2.14. The quantitative estimate of drug-likeness (QED) is 0.240. The number of ketones is 13. The lowest BCUT2D eigenvalue weighted by atomic mass is 9.90. The van der Waals surface area contributed by atoms with Gasteiger partial charge in [-0.15, -0.1) is 0 Å². The van der Waals surface area contributed by atoms with Crippen LogP contribution in [0.25, 0.3) is 0 Å². The zero-order valence-electron chi connectivity index (χ0n) is 82.9. The molecule has 6 aliphatic carbocycles. The predicted molar refractivity (Wildman–Crippen MR) is 301 cm³/mol. The van der Waals surface area contributed by atoms with Gasteiger partial charge in [-0.1, -0.05) is 54.9 Å². The zero-order chi connectivity index (χ0) is 91.6. The van der Waals surface area contributed by atoms with E-state index in [0.717, 1.165) is 6.92 Å². The van der Waals surface area contributed by atoms with Crippen molar-refractivity contribution in [2.45, 2.75) is 291 Å². The van der Waals surface area contributed by atoms with E-state index in [1.807, 2.05) is 6.92 Å². The Morgan fingerprint density at radius 3 is 1.00 bits per heavy atom. The predicted octanol–water partition coefficient (Wildman–Crippen LogP) is 14.3. The first kappa shape index (κ1) is 33.8. The van der Waals surface area contributed by atoms with Crippen molar-refractivity contribution in [3.8, 4) is 0 Å². The van der Waals surface area contributed by atoms with E-state index in [1.54, 1.807) is 6.92 Å². The van der Waals surface area contributed by atoms with Crippen LogP contribution in [0.4, 0.5) is 0 Å². The molecule has 6 fully saturated rings. The molecule has 0 aliphatic heterocycles. The van der Waals surface area contributed by atoms with E-state index in [2.05, 4.69) is 0 Å². The van der Waals surface area contributed by atoms with Gasteiger partial charge in [-0.3, -0.25) is 28.8 Å². The summed E-state index contributed by atoms with van der Waals surface area (Å²) in [7, 11) is 0. The van der Waals surface area contributed by atoms with Crippen LogP contribution < -0.4 is 0 Å². The molecule has 13 heteroatoms. The highest BCUT2D eigenvalue weighted by molar-refractivity contribution is 5.83. The van der Waals surface area contributed by atoms with Crippen LogP contribution in [0, 0.1) is 23.6 Å². The Kier molecular flexibility index (Phi) is 27.2. The van der Waals surface area contributed by atoms with Crippen molar-refractivity contribution in [2.24, 2.45) is 23.6 Å². The van der Waals surface area contributed by atoms with Gasteiger partial charge in [-0.25, -0.2) is 0 Å². The van der Waals surface area contributed by atoms with Gasteiger partial charge < -0.3 is 33.6 Å². The fraction of sp³-hybridized carbons (Fsp3) is 0.787. The molecule has 0 spiro atoms. The van der Waals surface area contributed by atoms with Gasteiger partial charge >= 0.3 is 0 Å². The monoisotopic (exact) mass is 1090 g/mol. The molecule has 74 heavy (non-hydrogen) atoms. The molecule has 6 aliphatic rings. The average Bonchev–Trinajstić information content (AvgIpc) is 0.769. The Labute approximate surface area is 501 Å². The number of carbonyl (C=O) groups is 13. The molecule has 13 nitrogen and oxygen atoms in total. The molecule has 0 aromatic carbocycles. The van der Waals surface area contributed by atoms with Crippen LogP contribution in [0.2, 0.25) is 0 Å². The Morgan fingerprint density at radius 1 is 0.432 bits per heavy atom. The van der Waals surface area contributed by atoms with Crippen molar-refractivity contribution in [1.82, 2.24) is 0 Å². The molecule has 0 aromatic heterocycles. The third-order valence-electron chi connectivity index (χ3n) is 6.66. The van der Waals surface area contributed by atoms with Gasteiger partial charge in [0.05, 0.1) is 0 Å². The van der Waals surface area contributed by atoms with Gasteiger partial charge in [0.2, 0.25) is 0 Å². The minimum absolute atomic E-state index is 0.167. The van der Waals surface area contributed by atoms with E-state index in [1.165, 1.54) is 104 Å². The Morgan fingerprint density at radius 2 is 0.757 bits per heavy atom. The molecular weight excluding hydrogens is 945 g/mol. The average molecular weight is 1090 g/mol. The maximum atomic E-state index is 11.6. The summed E-state index contributed by atoms with van der Waals surface area (Å²) in [5.41, 5.74) is 0. The van der Waals surface area contributed by atoms with Crippen LogP contribution in [0.15, 0.2) is 0 Å². The third kappa shape index (κ3) is 93.7. The smallest absolute Gasteiger partial charge is 0.135 e. The molecule has 0 radical (unpaired) electrons. The van der Waals surface area contributed by atoms with Crippen molar-refractivity contribution in [2.75, 3.05) is 0 Å². The third-order valence-corrected chi connectivity index (χ3v) is 6.66. The largest absolute Gasteiger partial charge is 0.300 e. The van der Waals surface area contributed by atoms with E-state index < -0.39 is 167 Å². The second-order valence-electron chi connectivity index (χ2n) is 15.7. The standard InChI is InChI=1S/3C7H12O.C6H10O.2C5H8O.3C4H8O.4C3H6O/c2*1-6-3-2-4-7(8)5-6;1-6-4-2-3-5-7(6)8;1-5-3-2-4-6(5)7;2*6-5-3-1-2-4-5;3*1-3-4(2)5;4*1-3(2)4/h3*6H,2-5H2,1H3;5H,2-4H2,1H3;2*1-4H2;3*3H2,1-2H3;4*1-2H3/i2D2,3D2,4D2,5D2,6D;2D2,3D2,6D;5D2,6D;4D2,5D;1D2,2D2,3D2,4D2;1D2,2D2;2*3D2;;1+1,3+1;3+1;1+1;. The summed E-state index contributed by atoms with van der Waals surface area (Å²) >= 11 is 0. The van der Waals surface area contributed by atoms with Crippen LogP contribution in [0.3, 0.4) is 0 Å². The Bertz CT molecular complexity index is 2990. The summed E-state index contributed by atoms with van der Waals surface area (Å²) in [6, 6.07) is 0. The first-order chi connectivity index (χ1) is 47.3. The van der Waals surface area contributed by atoms with Gasteiger partial charge in [-0.2, -0.15) is 0 Å². The van der Waals surface area contributed by atoms with E-state index in [4.69, 9.17) is 49.3 Å². The SMILES string of the molecule is CC(C)=O.CC([13CH3])=O.CCC(C)=O.C[13C](C)=O.C[13C]([13CH3])=O.[2H]C([2H])(C)C(C)=O.[2H]C([2H])(C)C(C)=O.[2H]C1([2H])C(=O)C([2H])([2H])C([2H])(C)C([2H])([2H])C1([2H])[2H].[2H]C1([2H])C(=O)C([2H])([2H])C([2H])([2H])C1([2H])[2H].[2H]C1([2H])CC(=O)CC([2H])(C)C1([2H])[2H].[2H]C1([2H])CC(=O)CC1([2H])[2H].[2H]C1([2H])CCC([2H])(C)C1=O.[2H]C1([2H])CCCC([2H])(C)C1=O. The number of hydrogen-bond donors (Lipinski definition) is 0. The summed E-state index contributed by atoms with van der Waals surface area (Å²) in [6.45, 7) is 25.6. The molecule has 432 valence electrons. The molecular formula is C61H110O13. The van der Waals surface area contributed by atoms with Crippen LogP contribution >= 0.6 is 0 Å². The number of Topliss-reactive ketones (excluding diaryl/α,β-unsaturated/α-hetero) is 13. The fourth-order valence-corrected chi connectivity index (χ4v) is 3.15. The highest BCUT2D eigenvalue weighted by atomic mass is 16.2. The summed E-state index contributed by atoms with van der Waals surface area (Å²) in [6.07, 6.45) is -39.2. The van der Waals surface area contributed by atoms with E-state index in [9.17, 15) is 62.3 Å². The molecule has 4 unspecified atom stereocenters. The first-order valence-electron chi connectivity index (χ1n) is 41.0. The van der Waals surface area contributed by atoms with E-state index >= 15 is 0 Å².